The molecule has 1 aliphatic carbocycles. The van der Waals surface area contributed by atoms with Gasteiger partial charge < -0.3 is 4.74 Å². The highest BCUT2D eigenvalue weighted by molar-refractivity contribution is 5.47. The van der Waals surface area contributed by atoms with Crippen LogP contribution >= 0.6 is 0 Å². The molecule has 4 nitrogen and oxygen atoms in total. The Kier molecular flexibility index (Phi) is 3.56. The third kappa shape index (κ3) is 3.18. The first-order valence-electron chi connectivity index (χ1n) is 6.79. The van der Waals surface area contributed by atoms with Crippen LogP contribution < -0.4 is 4.74 Å². The molecule has 0 radical (unpaired) electrons. The maximum atomic E-state index is 13.1. The zero-order valence-corrected chi connectivity index (χ0v) is 11.3. The van der Waals surface area contributed by atoms with Gasteiger partial charge in [0.25, 0.3) is 5.69 Å². The van der Waals surface area contributed by atoms with E-state index >= 15 is 0 Å². The summed E-state index contributed by atoms with van der Waals surface area (Å²) in [5, 5.41) is 10.8. The first-order chi connectivity index (χ1) is 10.1. The van der Waals surface area contributed by atoms with Gasteiger partial charge in [0.1, 0.15) is 18.2 Å². The van der Waals surface area contributed by atoms with Crippen molar-refractivity contribution in [3.63, 3.8) is 0 Å². The Bertz CT molecular complexity index is 683. The van der Waals surface area contributed by atoms with Crippen LogP contribution in [0.4, 0.5) is 10.1 Å². The second-order valence-corrected chi connectivity index (χ2v) is 5.17. The van der Waals surface area contributed by atoms with Crippen molar-refractivity contribution in [2.75, 3.05) is 0 Å². The highest BCUT2D eigenvalue weighted by Gasteiger charge is 2.28. The van der Waals surface area contributed by atoms with E-state index in [1.807, 2.05) is 0 Å². The number of nitro groups is 1. The summed E-state index contributed by atoms with van der Waals surface area (Å²) >= 11 is 0. The minimum absolute atomic E-state index is 0.0787. The van der Waals surface area contributed by atoms with Gasteiger partial charge in [0, 0.05) is 17.7 Å². The quantitative estimate of drug-likeness (QED) is 0.612. The largest absolute Gasteiger partial charge is 0.489 e. The molecule has 0 heterocycles. The second-order valence-electron chi connectivity index (χ2n) is 5.17. The van der Waals surface area contributed by atoms with Crippen LogP contribution in [-0.4, -0.2) is 4.92 Å². The average Bonchev–Trinajstić information content (AvgIpc) is 3.29. The third-order valence-electron chi connectivity index (χ3n) is 3.50. The van der Waals surface area contributed by atoms with Crippen LogP contribution in [0.3, 0.4) is 0 Å². The number of hydrogen-bond donors (Lipinski definition) is 0. The van der Waals surface area contributed by atoms with Crippen molar-refractivity contribution in [2.45, 2.75) is 25.4 Å². The minimum atomic E-state index is -0.401. The van der Waals surface area contributed by atoms with Crippen LogP contribution in [-0.2, 0) is 6.61 Å². The number of ether oxygens (including phenoxy) is 1. The van der Waals surface area contributed by atoms with E-state index < -0.39 is 4.92 Å². The van der Waals surface area contributed by atoms with Crippen molar-refractivity contribution >= 4 is 5.69 Å². The van der Waals surface area contributed by atoms with E-state index in [9.17, 15) is 14.5 Å². The molecule has 0 amide bonds. The smallest absolute Gasteiger partial charge is 0.269 e. The van der Waals surface area contributed by atoms with Crippen LogP contribution in [0.1, 0.15) is 29.9 Å². The molecular weight excluding hydrogens is 273 g/mol. The zero-order valence-electron chi connectivity index (χ0n) is 11.3. The molecule has 108 valence electrons. The van der Waals surface area contributed by atoms with E-state index in [1.165, 1.54) is 18.2 Å². The van der Waals surface area contributed by atoms with Gasteiger partial charge in [-0.25, -0.2) is 4.39 Å². The van der Waals surface area contributed by atoms with Gasteiger partial charge in [-0.2, -0.15) is 0 Å². The Morgan fingerprint density at radius 3 is 2.71 bits per heavy atom. The first-order valence-corrected chi connectivity index (χ1v) is 6.79. The Balaban J connectivity index is 1.80. The van der Waals surface area contributed by atoms with E-state index in [0.29, 0.717) is 11.7 Å². The van der Waals surface area contributed by atoms with Gasteiger partial charge in [-0.05, 0) is 42.5 Å². The van der Waals surface area contributed by atoms with E-state index in [4.69, 9.17) is 4.74 Å². The minimum Gasteiger partial charge on any atom is -0.489 e. The SMILES string of the molecule is O=[N+]([O-])c1ccc(OCc2cccc(F)c2)c(C2CC2)c1. The number of nitro benzene ring substituents is 1. The summed E-state index contributed by atoms with van der Waals surface area (Å²) < 4.78 is 18.8. The molecule has 3 rings (SSSR count). The lowest BCUT2D eigenvalue weighted by atomic mass is 10.1. The van der Waals surface area contributed by atoms with Crippen molar-refractivity contribution in [1.82, 2.24) is 0 Å². The molecule has 0 N–H and O–H groups in total. The lowest BCUT2D eigenvalue weighted by molar-refractivity contribution is -0.384. The molecule has 0 unspecified atom stereocenters. The molecule has 0 aromatic heterocycles. The topological polar surface area (TPSA) is 52.4 Å². The molecule has 0 spiro atoms. The molecule has 1 fully saturated rings. The number of non-ortho nitro benzene ring substituents is 1. The van der Waals surface area contributed by atoms with Gasteiger partial charge in [-0.1, -0.05) is 12.1 Å². The van der Waals surface area contributed by atoms with E-state index in [1.54, 1.807) is 24.3 Å². The lowest BCUT2D eigenvalue weighted by Gasteiger charge is -2.11. The summed E-state index contributed by atoms with van der Waals surface area (Å²) in [6.07, 6.45) is 2.05. The Labute approximate surface area is 121 Å². The van der Waals surface area contributed by atoms with E-state index in [-0.39, 0.29) is 18.1 Å². The molecule has 0 aliphatic heterocycles. The van der Waals surface area contributed by atoms with Crippen molar-refractivity contribution in [3.8, 4) is 5.75 Å². The lowest BCUT2D eigenvalue weighted by Crippen LogP contribution is -1.99. The molecule has 0 atom stereocenters. The predicted molar refractivity (Wildman–Crippen MR) is 75.8 cm³/mol. The summed E-state index contributed by atoms with van der Waals surface area (Å²) in [6.45, 7) is 0.245. The fourth-order valence-electron chi connectivity index (χ4n) is 2.28. The summed E-state index contributed by atoms with van der Waals surface area (Å²) in [6, 6.07) is 10.9. The molecule has 1 aliphatic rings. The summed E-state index contributed by atoms with van der Waals surface area (Å²) in [5.74, 6) is 0.682. The van der Waals surface area contributed by atoms with Crippen LogP contribution in [0.2, 0.25) is 0 Å². The predicted octanol–water partition coefficient (Wildman–Crippen LogP) is 4.19. The Morgan fingerprint density at radius 1 is 1.24 bits per heavy atom. The highest BCUT2D eigenvalue weighted by atomic mass is 19.1. The van der Waals surface area contributed by atoms with E-state index in [0.717, 1.165) is 24.0 Å². The number of halogens is 1. The Morgan fingerprint density at radius 2 is 2.05 bits per heavy atom. The van der Waals surface area contributed by atoms with Gasteiger partial charge in [0.05, 0.1) is 4.92 Å². The normalized spacial score (nSPS) is 14.0. The number of rotatable bonds is 5. The maximum Gasteiger partial charge on any atom is 0.269 e. The zero-order chi connectivity index (χ0) is 14.8. The van der Waals surface area contributed by atoms with Crippen molar-refractivity contribution in [2.24, 2.45) is 0 Å². The maximum absolute atomic E-state index is 13.1. The molecule has 2 aromatic carbocycles. The van der Waals surface area contributed by atoms with Crippen LogP contribution in [0, 0.1) is 15.9 Å². The van der Waals surface area contributed by atoms with Gasteiger partial charge >= 0.3 is 0 Å². The number of benzene rings is 2. The summed E-state index contributed by atoms with van der Waals surface area (Å²) in [7, 11) is 0. The molecule has 0 saturated heterocycles. The molecule has 5 heteroatoms. The van der Waals surface area contributed by atoms with Gasteiger partial charge in [0.15, 0.2) is 0 Å². The van der Waals surface area contributed by atoms with Crippen LogP contribution in [0.25, 0.3) is 0 Å². The van der Waals surface area contributed by atoms with Gasteiger partial charge in [0.2, 0.25) is 0 Å². The molecule has 0 bridgehead atoms. The molecule has 1 saturated carbocycles. The fourth-order valence-corrected chi connectivity index (χ4v) is 2.28. The molecular formula is C16H14FNO3. The molecule has 2 aromatic rings. The third-order valence-corrected chi connectivity index (χ3v) is 3.50. The summed E-state index contributed by atoms with van der Waals surface area (Å²) in [4.78, 5) is 10.4. The van der Waals surface area contributed by atoms with Crippen molar-refractivity contribution < 1.29 is 14.1 Å². The standard InChI is InChI=1S/C16H14FNO3/c17-13-3-1-2-11(8-13)10-21-16-7-6-14(18(19)20)9-15(16)12-4-5-12/h1-3,6-9,12H,4-5,10H2. The average molecular weight is 287 g/mol. The van der Waals surface area contributed by atoms with Gasteiger partial charge in [-0.15, -0.1) is 0 Å². The second kappa shape index (κ2) is 5.52. The highest BCUT2D eigenvalue weighted by Crippen LogP contribution is 2.45. The fraction of sp³-hybridized carbons (Fsp3) is 0.250. The Hall–Kier alpha value is -2.43. The number of hydrogen-bond acceptors (Lipinski definition) is 3. The monoisotopic (exact) mass is 287 g/mol. The van der Waals surface area contributed by atoms with Gasteiger partial charge in [-0.3, -0.25) is 10.1 Å². The molecule has 21 heavy (non-hydrogen) atoms. The van der Waals surface area contributed by atoms with Crippen LogP contribution in [0.15, 0.2) is 42.5 Å². The first kappa shape index (κ1) is 13.5. The number of nitrogens with zero attached hydrogens (tertiary/aromatic N) is 1. The summed E-state index contributed by atoms with van der Waals surface area (Å²) in [5.41, 5.74) is 1.69. The van der Waals surface area contributed by atoms with E-state index in [2.05, 4.69) is 0 Å². The van der Waals surface area contributed by atoms with Crippen molar-refractivity contribution in [3.05, 3.63) is 69.5 Å². The van der Waals surface area contributed by atoms with Crippen molar-refractivity contribution in [1.29, 1.82) is 0 Å². The van der Waals surface area contributed by atoms with Crippen LogP contribution in [0.5, 0.6) is 5.75 Å².